The number of hydrogen-bond donors (Lipinski definition) is 3. The van der Waals surface area contributed by atoms with E-state index in [1.165, 1.54) is 0 Å². The average molecular weight is 239 g/mol. The lowest BCUT2D eigenvalue weighted by Gasteiger charge is -2.20. The summed E-state index contributed by atoms with van der Waals surface area (Å²) in [7, 11) is 0. The lowest BCUT2D eigenvalue weighted by Crippen LogP contribution is -2.43. The molecule has 17 heavy (non-hydrogen) atoms. The first-order valence-electron chi connectivity index (χ1n) is 5.62. The van der Waals surface area contributed by atoms with E-state index in [1.54, 1.807) is 13.8 Å². The summed E-state index contributed by atoms with van der Waals surface area (Å²) >= 11 is 0. The summed E-state index contributed by atoms with van der Waals surface area (Å²) in [5.74, 6) is -0.214. The van der Waals surface area contributed by atoms with Gasteiger partial charge in [-0.25, -0.2) is 0 Å². The third-order valence-corrected chi connectivity index (χ3v) is 3.02. The van der Waals surface area contributed by atoms with E-state index in [2.05, 4.69) is 15.5 Å². The van der Waals surface area contributed by atoms with Crippen LogP contribution in [0.2, 0.25) is 0 Å². The van der Waals surface area contributed by atoms with E-state index in [-0.39, 0.29) is 19.1 Å². The van der Waals surface area contributed by atoms with Crippen LogP contribution in [-0.2, 0) is 4.74 Å². The molecule has 0 spiro atoms. The van der Waals surface area contributed by atoms with Crippen molar-refractivity contribution in [1.82, 2.24) is 15.5 Å². The number of aromatic nitrogens is 2. The summed E-state index contributed by atoms with van der Waals surface area (Å²) in [5, 5.41) is 19.5. The molecule has 1 aliphatic rings. The highest BCUT2D eigenvalue weighted by Gasteiger charge is 2.32. The molecule has 1 amide bonds. The molecule has 1 aromatic rings. The molecule has 1 fully saturated rings. The van der Waals surface area contributed by atoms with Crippen molar-refractivity contribution in [3.63, 3.8) is 0 Å². The third-order valence-electron chi connectivity index (χ3n) is 3.02. The molecule has 0 aliphatic carbocycles. The van der Waals surface area contributed by atoms with Crippen LogP contribution in [0.15, 0.2) is 0 Å². The van der Waals surface area contributed by atoms with Gasteiger partial charge in [0.1, 0.15) is 5.60 Å². The number of rotatable bonds is 3. The zero-order valence-corrected chi connectivity index (χ0v) is 10.0. The topological polar surface area (TPSA) is 87.2 Å². The zero-order valence-electron chi connectivity index (χ0n) is 10.0. The van der Waals surface area contributed by atoms with Crippen LogP contribution in [0.5, 0.6) is 0 Å². The van der Waals surface area contributed by atoms with Gasteiger partial charge in [-0.15, -0.1) is 0 Å². The van der Waals surface area contributed by atoms with Crippen LogP contribution >= 0.6 is 0 Å². The summed E-state index contributed by atoms with van der Waals surface area (Å²) in [6.07, 6.45) is 0.552. The second kappa shape index (κ2) is 4.46. The van der Waals surface area contributed by atoms with Crippen LogP contribution in [0.4, 0.5) is 0 Å². The number of aromatic amines is 1. The van der Waals surface area contributed by atoms with Crippen LogP contribution in [0.3, 0.4) is 0 Å². The van der Waals surface area contributed by atoms with Crippen molar-refractivity contribution in [1.29, 1.82) is 0 Å². The minimum absolute atomic E-state index is 0.204. The summed E-state index contributed by atoms with van der Waals surface area (Å²) in [6.45, 7) is 4.58. The van der Waals surface area contributed by atoms with Crippen LogP contribution in [0.25, 0.3) is 0 Å². The van der Waals surface area contributed by atoms with Crippen LogP contribution in [0, 0.1) is 13.8 Å². The SMILES string of the molecule is Cc1n[nH]c(C)c1C(=O)NCC1(O)CCOC1. The minimum atomic E-state index is -0.929. The number of nitrogens with zero attached hydrogens (tertiary/aromatic N) is 1. The summed E-state index contributed by atoms with van der Waals surface area (Å²) in [4.78, 5) is 11.9. The highest BCUT2D eigenvalue weighted by molar-refractivity contribution is 5.96. The van der Waals surface area contributed by atoms with E-state index in [0.717, 1.165) is 5.69 Å². The number of H-pyrrole nitrogens is 1. The van der Waals surface area contributed by atoms with E-state index >= 15 is 0 Å². The Bertz CT molecular complexity index is 402. The molecule has 2 rings (SSSR count). The molecular formula is C11H17N3O3. The Hall–Kier alpha value is -1.40. The second-order valence-electron chi connectivity index (χ2n) is 4.52. The maximum absolute atomic E-state index is 11.9. The molecule has 6 nitrogen and oxygen atoms in total. The van der Waals surface area contributed by atoms with E-state index in [4.69, 9.17) is 4.74 Å². The van der Waals surface area contributed by atoms with Crippen LogP contribution in [0.1, 0.15) is 28.2 Å². The third kappa shape index (κ3) is 2.48. The lowest BCUT2D eigenvalue weighted by molar-refractivity contribution is 0.0264. The summed E-state index contributed by atoms with van der Waals surface area (Å²) in [6, 6.07) is 0. The molecule has 0 saturated carbocycles. The number of aryl methyl sites for hydroxylation is 2. The van der Waals surface area contributed by atoms with E-state index in [0.29, 0.717) is 24.3 Å². The maximum Gasteiger partial charge on any atom is 0.255 e. The monoisotopic (exact) mass is 239 g/mol. The summed E-state index contributed by atoms with van der Waals surface area (Å²) < 4.78 is 5.11. The van der Waals surface area contributed by atoms with Crippen molar-refractivity contribution >= 4 is 5.91 Å². The quantitative estimate of drug-likeness (QED) is 0.688. The molecule has 1 aromatic heterocycles. The molecule has 3 N–H and O–H groups in total. The van der Waals surface area contributed by atoms with Crippen molar-refractivity contribution < 1.29 is 14.6 Å². The molecule has 94 valence electrons. The summed E-state index contributed by atoms with van der Waals surface area (Å²) in [5.41, 5.74) is 1.01. The Balaban J connectivity index is 1.98. The van der Waals surface area contributed by atoms with Crippen molar-refractivity contribution in [2.75, 3.05) is 19.8 Å². The van der Waals surface area contributed by atoms with Gasteiger partial charge in [-0.1, -0.05) is 0 Å². The standard InChI is InChI=1S/C11H17N3O3/c1-7-9(8(2)14-13-7)10(15)12-5-11(16)3-4-17-6-11/h16H,3-6H2,1-2H3,(H,12,15)(H,13,14). The molecular weight excluding hydrogens is 222 g/mol. The molecule has 1 atom stereocenters. The van der Waals surface area contributed by atoms with Gasteiger partial charge in [0.25, 0.3) is 5.91 Å². The Kier molecular flexibility index (Phi) is 3.17. The first kappa shape index (κ1) is 12.1. The van der Waals surface area contributed by atoms with Gasteiger partial charge in [0.05, 0.1) is 17.9 Å². The Morgan fingerprint density at radius 1 is 1.65 bits per heavy atom. The molecule has 1 aliphatic heterocycles. The fourth-order valence-electron chi connectivity index (χ4n) is 1.95. The highest BCUT2D eigenvalue weighted by Crippen LogP contribution is 2.17. The maximum atomic E-state index is 11.9. The van der Waals surface area contributed by atoms with Crippen LogP contribution < -0.4 is 5.32 Å². The molecule has 1 saturated heterocycles. The molecule has 1 unspecified atom stereocenters. The number of ether oxygens (including phenoxy) is 1. The van der Waals surface area contributed by atoms with Gasteiger partial charge in [-0.05, 0) is 13.8 Å². The van der Waals surface area contributed by atoms with Crippen molar-refractivity contribution in [2.24, 2.45) is 0 Å². The second-order valence-corrected chi connectivity index (χ2v) is 4.52. The Morgan fingerprint density at radius 3 is 2.94 bits per heavy atom. The van der Waals surface area contributed by atoms with Gasteiger partial charge in [0, 0.05) is 25.3 Å². The first-order chi connectivity index (χ1) is 8.02. The van der Waals surface area contributed by atoms with Crippen LogP contribution in [-0.4, -0.2) is 46.6 Å². The highest BCUT2D eigenvalue weighted by atomic mass is 16.5. The average Bonchev–Trinajstić information content (AvgIpc) is 2.84. The Labute approximate surface area is 99.4 Å². The van der Waals surface area contributed by atoms with Gasteiger partial charge in [0.15, 0.2) is 0 Å². The van der Waals surface area contributed by atoms with E-state index in [1.807, 2.05) is 0 Å². The normalized spacial score (nSPS) is 23.9. The molecule has 6 heteroatoms. The van der Waals surface area contributed by atoms with E-state index < -0.39 is 5.60 Å². The fraction of sp³-hybridized carbons (Fsp3) is 0.636. The zero-order chi connectivity index (χ0) is 12.5. The predicted octanol–water partition coefficient (Wildman–Crippen LogP) is -0.0923. The molecule has 0 bridgehead atoms. The van der Waals surface area contributed by atoms with Gasteiger partial charge in [-0.3, -0.25) is 9.89 Å². The van der Waals surface area contributed by atoms with Crippen molar-refractivity contribution in [2.45, 2.75) is 25.9 Å². The number of nitrogens with one attached hydrogen (secondary N) is 2. The number of amides is 1. The molecule has 0 aromatic carbocycles. The van der Waals surface area contributed by atoms with Gasteiger partial charge >= 0.3 is 0 Å². The first-order valence-corrected chi connectivity index (χ1v) is 5.62. The van der Waals surface area contributed by atoms with Gasteiger partial charge < -0.3 is 15.2 Å². The molecule has 2 heterocycles. The van der Waals surface area contributed by atoms with Gasteiger partial charge in [0.2, 0.25) is 0 Å². The van der Waals surface area contributed by atoms with Crippen molar-refractivity contribution in [3.05, 3.63) is 17.0 Å². The number of carbonyl (C=O) groups is 1. The Morgan fingerprint density at radius 2 is 2.41 bits per heavy atom. The lowest BCUT2D eigenvalue weighted by atomic mass is 10.0. The molecule has 0 radical (unpaired) electrons. The largest absolute Gasteiger partial charge is 0.386 e. The van der Waals surface area contributed by atoms with E-state index in [9.17, 15) is 9.90 Å². The van der Waals surface area contributed by atoms with Gasteiger partial charge in [-0.2, -0.15) is 5.10 Å². The number of hydrogen-bond acceptors (Lipinski definition) is 4. The smallest absolute Gasteiger partial charge is 0.255 e. The number of aliphatic hydroxyl groups is 1. The minimum Gasteiger partial charge on any atom is -0.386 e. The predicted molar refractivity (Wildman–Crippen MR) is 60.8 cm³/mol. The number of carbonyl (C=O) groups excluding carboxylic acids is 1. The van der Waals surface area contributed by atoms with Crippen molar-refractivity contribution in [3.8, 4) is 0 Å². The fourth-order valence-corrected chi connectivity index (χ4v) is 1.95.